The Morgan fingerprint density at radius 3 is 2.44 bits per heavy atom. The quantitative estimate of drug-likeness (QED) is 0.188. The van der Waals surface area contributed by atoms with Crippen LogP contribution in [0.25, 0.3) is 22.0 Å². The summed E-state index contributed by atoms with van der Waals surface area (Å²) < 4.78 is 60.2. The standard InChI is InChI=1S/C24H24ClF3N2O5.ClH/c1-14-21(15-5-7-16(8-6-15)24(26,27)28)22(34-13-35-23(31)33-10-4-9-29-2)17-11-18(25)20(32-3)12-19(17)30-14;/h5-8,11-12,29H,4,9-10,13H2,1-3H3;1H. The number of alkyl halides is 3. The third kappa shape index (κ3) is 7.05. The van der Waals surface area contributed by atoms with Crippen molar-refractivity contribution < 1.29 is 36.9 Å². The molecule has 0 atom stereocenters. The normalized spacial score (nSPS) is 11.1. The predicted molar refractivity (Wildman–Crippen MR) is 132 cm³/mol. The van der Waals surface area contributed by atoms with Gasteiger partial charge in [-0.3, -0.25) is 4.98 Å². The molecule has 1 aromatic heterocycles. The van der Waals surface area contributed by atoms with Gasteiger partial charge in [-0.2, -0.15) is 13.2 Å². The second-order valence-electron chi connectivity index (χ2n) is 7.44. The molecule has 1 N–H and O–H groups in total. The first-order valence-electron chi connectivity index (χ1n) is 10.6. The largest absolute Gasteiger partial charge is 0.511 e. The fraction of sp³-hybridized carbons (Fsp3) is 0.333. The van der Waals surface area contributed by atoms with Gasteiger partial charge >= 0.3 is 12.3 Å². The predicted octanol–water partition coefficient (Wildman–Crippen LogP) is 6.41. The number of aryl methyl sites for hydroxylation is 1. The number of fused-ring (bicyclic) bond motifs is 1. The molecule has 0 aliphatic rings. The van der Waals surface area contributed by atoms with Crippen molar-refractivity contribution in [2.24, 2.45) is 0 Å². The van der Waals surface area contributed by atoms with Gasteiger partial charge in [0.05, 0.1) is 29.8 Å². The zero-order chi connectivity index (χ0) is 25.6. The molecule has 7 nitrogen and oxygen atoms in total. The summed E-state index contributed by atoms with van der Waals surface area (Å²) in [6.07, 6.45) is -4.77. The van der Waals surface area contributed by atoms with Crippen LogP contribution in [0.3, 0.4) is 0 Å². The first-order chi connectivity index (χ1) is 16.7. The summed E-state index contributed by atoms with van der Waals surface area (Å²) >= 11 is 6.31. The molecule has 196 valence electrons. The van der Waals surface area contributed by atoms with Gasteiger partial charge in [0.15, 0.2) is 0 Å². The summed E-state index contributed by atoms with van der Waals surface area (Å²) in [5.74, 6) is 0.625. The van der Waals surface area contributed by atoms with E-state index >= 15 is 0 Å². The minimum atomic E-state index is -4.47. The van der Waals surface area contributed by atoms with E-state index in [0.29, 0.717) is 46.4 Å². The van der Waals surface area contributed by atoms with Gasteiger partial charge in [0.1, 0.15) is 11.5 Å². The van der Waals surface area contributed by atoms with E-state index in [1.54, 1.807) is 26.1 Å². The zero-order valence-corrected chi connectivity index (χ0v) is 21.3. The van der Waals surface area contributed by atoms with Crippen LogP contribution in [0.5, 0.6) is 11.5 Å². The van der Waals surface area contributed by atoms with Crippen LogP contribution in [0, 0.1) is 6.92 Å². The van der Waals surface area contributed by atoms with Crippen LogP contribution in [0.2, 0.25) is 5.02 Å². The van der Waals surface area contributed by atoms with Crippen molar-refractivity contribution >= 4 is 41.1 Å². The number of rotatable bonds is 9. The van der Waals surface area contributed by atoms with Crippen molar-refractivity contribution in [2.75, 3.05) is 34.1 Å². The summed E-state index contributed by atoms with van der Waals surface area (Å²) in [5.41, 5.74) is 1.03. The highest BCUT2D eigenvalue weighted by molar-refractivity contribution is 6.33. The molecular weight excluding hydrogens is 524 g/mol. The Hall–Kier alpha value is -2.95. The second-order valence-corrected chi connectivity index (χ2v) is 7.85. The van der Waals surface area contributed by atoms with Crippen LogP contribution in [0.1, 0.15) is 17.7 Å². The average Bonchev–Trinajstić information content (AvgIpc) is 2.81. The van der Waals surface area contributed by atoms with Crippen LogP contribution in [0.4, 0.5) is 18.0 Å². The van der Waals surface area contributed by atoms with Gasteiger partial charge in [0.25, 0.3) is 0 Å². The van der Waals surface area contributed by atoms with E-state index in [0.717, 1.165) is 12.1 Å². The Kier molecular flexibility index (Phi) is 10.4. The summed E-state index contributed by atoms with van der Waals surface area (Å²) in [4.78, 5) is 16.4. The molecule has 3 rings (SSSR count). The maximum atomic E-state index is 13.1. The molecule has 0 fully saturated rings. The zero-order valence-electron chi connectivity index (χ0n) is 19.7. The number of carbonyl (C=O) groups excluding carboxylic acids is 1. The summed E-state index contributed by atoms with van der Waals surface area (Å²) in [6.45, 7) is 2.04. The van der Waals surface area contributed by atoms with Gasteiger partial charge < -0.3 is 24.3 Å². The Labute approximate surface area is 217 Å². The Balaban J connectivity index is 0.00000456. The van der Waals surface area contributed by atoms with Gasteiger partial charge in [-0.15, -0.1) is 12.4 Å². The van der Waals surface area contributed by atoms with E-state index in [2.05, 4.69) is 10.3 Å². The number of nitrogens with one attached hydrogen (secondary N) is 1. The lowest BCUT2D eigenvalue weighted by atomic mass is 9.99. The number of nitrogens with zero attached hydrogens (tertiary/aromatic N) is 1. The van der Waals surface area contributed by atoms with Gasteiger partial charge in [0.2, 0.25) is 6.79 Å². The maximum Gasteiger partial charge on any atom is 0.511 e. The number of hydrogen-bond acceptors (Lipinski definition) is 7. The first kappa shape index (κ1) is 29.3. The van der Waals surface area contributed by atoms with Crippen molar-refractivity contribution in [2.45, 2.75) is 19.5 Å². The Morgan fingerprint density at radius 2 is 1.83 bits per heavy atom. The number of ether oxygens (including phenoxy) is 4. The molecule has 0 aliphatic carbocycles. The highest BCUT2D eigenvalue weighted by Crippen LogP contribution is 2.42. The molecule has 0 radical (unpaired) electrons. The summed E-state index contributed by atoms with van der Waals surface area (Å²) in [7, 11) is 3.24. The van der Waals surface area contributed by atoms with Crippen molar-refractivity contribution in [3.63, 3.8) is 0 Å². The molecule has 2 aromatic carbocycles. The molecule has 36 heavy (non-hydrogen) atoms. The van der Waals surface area contributed by atoms with Crippen LogP contribution in [-0.2, 0) is 15.7 Å². The molecule has 12 heteroatoms. The number of aromatic nitrogens is 1. The molecule has 1 heterocycles. The third-order valence-corrected chi connectivity index (χ3v) is 5.36. The number of halogens is 5. The van der Waals surface area contributed by atoms with Crippen LogP contribution >= 0.6 is 24.0 Å². The van der Waals surface area contributed by atoms with E-state index in [4.69, 9.17) is 30.5 Å². The summed E-state index contributed by atoms with van der Waals surface area (Å²) in [6, 6.07) is 7.79. The van der Waals surface area contributed by atoms with Gasteiger partial charge in [-0.1, -0.05) is 23.7 Å². The van der Waals surface area contributed by atoms with E-state index in [9.17, 15) is 18.0 Å². The lowest BCUT2D eigenvalue weighted by Gasteiger charge is -2.18. The first-order valence-corrected chi connectivity index (χ1v) is 11.0. The number of benzene rings is 2. The fourth-order valence-corrected chi connectivity index (χ4v) is 3.65. The maximum absolute atomic E-state index is 13.1. The molecule has 0 amide bonds. The van der Waals surface area contributed by atoms with Crippen LogP contribution in [-0.4, -0.2) is 45.2 Å². The van der Waals surface area contributed by atoms with Crippen molar-refractivity contribution in [1.29, 1.82) is 0 Å². The van der Waals surface area contributed by atoms with E-state index < -0.39 is 24.7 Å². The van der Waals surface area contributed by atoms with Gasteiger partial charge in [-0.25, -0.2) is 4.79 Å². The summed E-state index contributed by atoms with van der Waals surface area (Å²) in [5, 5.41) is 3.67. The number of hydrogen-bond donors (Lipinski definition) is 1. The lowest BCUT2D eigenvalue weighted by molar-refractivity contribution is -0.137. The van der Waals surface area contributed by atoms with Crippen LogP contribution < -0.4 is 14.8 Å². The van der Waals surface area contributed by atoms with Crippen molar-refractivity contribution in [3.8, 4) is 22.6 Å². The van der Waals surface area contributed by atoms with Gasteiger partial charge in [0, 0.05) is 22.7 Å². The third-order valence-electron chi connectivity index (χ3n) is 5.06. The highest BCUT2D eigenvalue weighted by Gasteiger charge is 2.30. The van der Waals surface area contributed by atoms with Gasteiger partial charge in [-0.05, 0) is 50.7 Å². The lowest BCUT2D eigenvalue weighted by Crippen LogP contribution is -2.16. The molecule has 0 bridgehead atoms. The molecular formula is C24H25Cl2F3N2O5. The van der Waals surface area contributed by atoms with E-state index in [1.165, 1.54) is 19.2 Å². The molecule has 0 saturated heterocycles. The monoisotopic (exact) mass is 548 g/mol. The van der Waals surface area contributed by atoms with E-state index in [1.807, 2.05) is 0 Å². The molecule has 3 aromatic rings. The smallest absolute Gasteiger partial charge is 0.495 e. The van der Waals surface area contributed by atoms with E-state index in [-0.39, 0.29) is 29.8 Å². The van der Waals surface area contributed by atoms with Crippen molar-refractivity contribution in [3.05, 3.63) is 52.7 Å². The minimum absolute atomic E-state index is 0. The SMILES string of the molecule is CNCCCOC(=O)OCOc1c(-c2ccc(C(F)(F)F)cc2)c(C)nc2cc(OC)c(Cl)cc12.Cl. The number of pyridine rings is 1. The molecule has 0 saturated carbocycles. The molecule has 0 spiro atoms. The number of carbonyl (C=O) groups is 1. The Morgan fingerprint density at radius 1 is 1.14 bits per heavy atom. The minimum Gasteiger partial charge on any atom is -0.495 e. The number of methoxy groups -OCH3 is 1. The van der Waals surface area contributed by atoms with Crippen molar-refractivity contribution in [1.82, 2.24) is 10.3 Å². The Bertz CT molecular complexity index is 1190. The fourth-order valence-electron chi connectivity index (χ4n) is 3.41. The topological polar surface area (TPSA) is 78.9 Å². The average molecular weight is 549 g/mol. The molecule has 0 unspecified atom stereocenters. The van der Waals surface area contributed by atoms with Crippen LogP contribution in [0.15, 0.2) is 36.4 Å². The molecule has 0 aliphatic heterocycles. The second kappa shape index (κ2) is 12.8. The highest BCUT2D eigenvalue weighted by atomic mass is 35.5.